The predicted molar refractivity (Wildman–Crippen MR) is 46.8 cm³/mol. The molecule has 0 saturated heterocycles. The zero-order chi connectivity index (χ0) is 10.0. The second-order valence-electron chi connectivity index (χ2n) is 2.79. The van der Waals surface area contributed by atoms with Gasteiger partial charge < -0.3 is 5.11 Å². The van der Waals surface area contributed by atoms with Crippen LogP contribution in [0.5, 0.6) is 0 Å². The number of alkyl halides is 1. The highest BCUT2D eigenvalue weighted by atomic mass is 35.5. The van der Waals surface area contributed by atoms with E-state index < -0.39 is 17.7 Å². The zero-order valence-electron chi connectivity index (χ0n) is 7.02. The average Bonchev–Trinajstić information content (AvgIpc) is 2.10. The number of halogens is 3. The van der Waals surface area contributed by atoms with Crippen molar-refractivity contribution in [3.63, 3.8) is 0 Å². The van der Waals surface area contributed by atoms with Gasteiger partial charge in [0.1, 0.15) is 11.6 Å². The van der Waals surface area contributed by atoms with Gasteiger partial charge in [-0.05, 0) is 24.6 Å². The molecule has 0 aromatic heterocycles. The standard InChI is InChI=1S/C9H9ClF2O/c1-5-2-8(12)6(3-7(5)11)9(13)4-10/h2-3,9,13H,4H2,1H3/t9-/m0/s1. The van der Waals surface area contributed by atoms with Gasteiger partial charge in [0.2, 0.25) is 0 Å². The number of hydrogen-bond acceptors (Lipinski definition) is 1. The first-order valence-electron chi connectivity index (χ1n) is 3.76. The van der Waals surface area contributed by atoms with Crippen molar-refractivity contribution >= 4 is 11.6 Å². The van der Waals surface area contributed by atoms with Crippen molar-refractivity contribution in [2.45, 2.75) is 13.0 Å². The molecule has 0 aliphatic carbocycles. The van der Waals surface area contributed by atoms with Gasteiger partial charge in [-0.15, -0.1) is 11.6 Å². The Balaban J connectivity index is 3.15. The summed E-state index contributed by atoms with van der Waals surface area (Å²) in [4.78, 5) is 0. The van der Waals surface area contributed by atoms with Crippen LogP contribution in [0.1, 0.15) is 17.2 Å². The van der Waals surface area contributed by atoms with E-state index in [0.29, 0.717) is 0 Å². The Bertz CT molecular complexity index is 315. The Hall–Kier alpha value is -0.670. The van der Waals surface area contributed by atoms with E-state index in [2.05, 4.69) is 0 Å². The molecule has 1 nitrogen and oxygen atoms in total. The summed E-state index contributed by atoms with van der Waals surface area (Å²) in [6, 6.07) is 2.01. The van der Waals surface area contributed by atoms with E-state index in [1.807, 2.05) is 0 Å². The minimum absolute atomic E-state index is 0.0990. The summed E-state index contributed by atoms with van der Waals surface area (Å²) in [6.07, 6.45) is -1.16. The highest BCUT2D eigenvalue weighted by Gasteiger charge is 2.14. The minimum Gasteiger partial charge on any atom is -0.387 e. The van der Waals surface area contributed by atoms with Crippen molar-refractivity contribution < 1.29 is 13.9 Å². The van der Waals surface area contributed by atoms with Crippen LogP contribution in [0.2, 0.25) is 0 Å². The second-order valence-corrected chi connectivity index (χ2v) is 3.10. The van der Waals surface area contributed by atoms with Gasteiger partial charge in [0.15, 0.2) is 0 Å². The van der Waals surface area contributed by atoms with E-state index in [-0.39, 0.29) is 17.0 Å². The molecule has 0 radical (unpaired) electrons. The summed E-state index contributed by atoms with van der Waals surface area (Å²) in [5.41, 5.74) is 0.112. The summed E-state index contributed by atoms with van der Waals surface area (Å²) in [5, 5.41) is 9.19. The van der Waals surface area contributed by atoms with E-state index in [1.165, 1.54) is 6.92 Å². The molecule has 0 amide bonds. The molecule has 0 bridgehead atoms. The average molecular weight is 207 g/mol. The monoisotopic (exact) mass is 206 g/mol. The SMILES string of the molecule is Cc1cc(F)c([C@@H](O)CCl)cc1F. The number of aliphatic hydroxyl groups is 1. The van der Waals surface area contributed by atoms with Crippen LogP contribution in [0.15, 0.2) is 12.1 Å². The van der Waals surface area contributed by atoms with Crippen molar-refractivity contribution in [2.75, 3.05) is 5.88 Å². The van der Waals surface area contributed by atoms with Crippen LogP contribution in [-0.4, -0.2) is 11.0 Å². The fraction of sp³-hybridized carbons (Fsp3) is 0.333. The van der Waals surface area contributed by atoms with Crippen LogP contribution < -0.4 is 0 Å². The third-order valence-electron chi connectivity index (χ3n) is 1.78. The molecule has 72 valence electrons. The van der Waals surface area contributed by atoms with E-state index in [1.54, 1.807) is 0 Å². The Labute approximate surface area is 80.0 Å². The van der Waals surface area contributed by atoms with Crippen molar-refractivity contribution in [1.29, 1.82) is 0 Å². The topological polar surface area (TPSA) is 20.2 Å². The minimum atomic E-state index is -1.16. The van der Waals surface area contributed by atoms with Gasteiger partial charge in [0.05, 0.1) is 12.0 Å². The lowest BCUT2D eigenvalue weighted by molar-refractivity contribution is 0.197. The van der Waals surface area contributed by atoms with Crippen LogP contribution in [0.25, 0.3) is 0 Å². The van der Waals surface area contributed by atoms with Crippen LogP contribution >= 0.6 is 11.6 Å². The normalized spacial score (nSPS) is 13.0. The zero-order valence-corrected chi connectivity index (χ0v) is 7.78. The number of benzene rings is 1. The number of hydrogen-bond donors (Lipinski definition) is 1. The lowest BCUT2D eigenvalue weighted by Crippen LogP contribution is -2.03. The van der Waals surface area contributed by atoms with Gasteiger partial charge >= 0.3 is 0 Å². The fourth-order valence-electron chi connectivity index (χ4n) is 1.00. The van der Waals surface area contributed by atoms with Gasteiger partial charge in [-0.3, -0.25) is 0 Å². The molecular weight excluding hydrogens is 198 g/mol. The first-order chi connectivity index (χ1) is 6.06. The second kappa shape index (κ2) is 4.03. The molecule has 0 spiro atoms. The first-order valence-corrected chi connectivity index (χ1v) is 4.29. The molecule has 1 aromatic rings. The summed E-state index contributed by atoms with van der Waals surface area (Å²) in [5.74, 6) is -1.33. The lowest BCUT2D eigenvalue weighted by Gasteiger charge is -2.09. The first kappa shape index (κ1) is 10.4. The van der Waals surface area contributed by atoms with Crippen molar-refractivity contribution in [1.82, 2.24) is 0 Å². The van der Waals surface area contributed by atoms with E-state index in [9.17, 15) is 13.9 Å². The Morgan fingerprint density at radius 2 is 2.00 bits per heavy atom. The maximum Gasteiger partial charge on any atom is 0.129 e. The van der Waals surface area contributed by atoms with Crippen molar-refractivity contribution in [2.24, 2.45) is 0 Å². The summed E-state index contributed by atoms with van der Waals surface area (Å²) in [6.45, 7) is 1.45. The molecule has 0 heterocycles. The molecule has 0 saturated carbocycles. The number of aryl methyl sites for hydroxylation is 1. The van der Waals surface area contributed by atoms with Crippen LogP contribution in [0.4, 0.5) is 8.78 Å². The molecule has 1 aromatic carbocycles. The quantitative estimate of drug-likeness (QED) is 0.738. The van der Waals surface area contributed by atoms with Crippen LogP contribution in [-0.2, 0) is 0 Å². The Morgan fingerprint density at radius 3 is 2.54 bits per heavy atom. The molecule has 4 heteroatoms. The van der Waals surface area contributed by atoms with Gasteiger partial charge in [-0.1, -0.05) is 0 Å². The Morgan fingerprint density at radius 1 is 1.38 bits per heavy atom. The molecule has 13 heavy (non-hydrogen) atoms. The van der Waals surface area contributed by atoms with Crippen molar-refractivity contribution in [3.8, 4) is 0 Å². The summed E-state index contributed by atoms with van der Waals surface area (Å²) in [7, 11) is 0. The van der Waals surface area contributed by atoms with Gasteiger partial charge in [-0.25, -0.2) is 8.78 Å². The van der Waals surface area contributed by atoms with Crippen LogP contribution in [0.3, 0.4) is 0 Å². The number of aliphatic hydroxyl groups excluding tert-OH is 1. The lowest BCUT2D eigenvalue weighted by atomic mass is 10.1. The molecule has 0 fully saturated rings. The van der Waals surface area contributed by atoms with Gasteiger partial charge in [0.25, 0.3) is 0 Å². The summed E-state index contributed by atoms with van der Waals surface area (Å²) >= 11 is 5.31. The molecule has 1 rings (SSSR count). The smallest absolute Gasteiger partial charge is 0.129 e. The van der Waals surface area contributed by atoms with Crippen LogP contribution in [0, 0.1) is 18.6 Å². The maximum absolute atomic E-state index is 13.1. The van der Waals surface area contributed by atoms with E-state index in [4.69, 9.17) is 11.6 Å². The molecule has 1 N–H and O–H groups in total. The molecule has 0 unspecified atom stereocenters. The predicted octanol–water partition coefficient (Wildman–Crippen LogP) is 2.55. The van der Waals surface area contributed by atoms with Gasteiger partial charge in [0, 0.05) is 5.56 Å². The molecule has 1 atom stereocenters. The fourth-order valence-corrected chi connectivity index (χ4v) is 1.17. The van der Waals surface area contributed by atoms with Gasteiger partial charge in [-0.2, -0.15) is 0 Å². The number of rotatable bonds is 2. The Kier molecular flexibility index (Phi) is 3.22. The third-order valence-corrected chi connectivity index (χ3v) is 2.08. The largest absolute Gasteiger partial charge is 0.387 e. The van der Waals surface area contributed by atoms with E-state index >= 15 is 0 Å². The highest BCUT2D eigenvalue weighted by Crippen LogP contribution is 2.21. The third kappa shape index (κ3) is 2.17. The molecular formula is C9H9ClF2O. The maximum atomic E-state index is 13.1. The van der Waals surface area contributed by atoms with Crippen molar-refractivity contribution in [3.05, 3.63) is 34.9 Å². The summed E-state index contributed by atoms with van der Waals surface area (Å²) < 4.78 is 26.0. The highest BCUT2D eigenvalue weighted by molar-refractivity contribution is 6.18. The molecule has 0 aliphatic rings. The molecule has 0 aliphatic heterocycles. The van der Waals surface area contributed by atoms with E-state index in [0.717, 1.165) is 12.1 Å².